The average Bonchev–Trinajstić information content (AvgIpc) is 2.45. The van der Waals surface area contributed by atoms with Crippen molar-refractivity contribution in [3.8, 4) is 11.5 Å². The van der Waals surface area contributed by atoms with Crippen LogP contribution in [0.3, 0.4) is 0 Å². The Hall–Kier alpha value is -1.49. The summed E-state index contributed by atoms with van der Waals surface area (Å²) >= 11 is 18.0. The molecule has 0 amide bonds. The third-order valence-corrected chi connectivity index (χ3v) is 3.85. The fraction of sp³-hybridized carbons (Fsp3) is 0.143. The van der Waals surface area contributed by atoms with Crippen LogP contribution in [0.4, 0.5) is 17.1 Å². The minimum absolute atomic E-state index is 0.389. The topological polar surface area (TPSA) is 56.5 Å². The average molecular weight is 348 g/mol. The van der Waals surface area contributed by atoms with Crippen LogP contribution in [-0.2, 0) is 0 Å². The molecule has 2 aromatic carbocycles. The molecule has 0 spiro atoms. The molecule has 0 fully saturated rings. The van der Waals surface area contributed by atoms with Crippen molar-refractivity contribution >= 4 is 51.9 Å². The molecule has 0 saturated carbocycles. The quantitative estimate of drug-likeness (QED) is 0.765. The first kappa shape index (κ1) is 15.9. The van der Waals surface area contributed by atoms with Crippen molar-refractivity contribution in [1.29, 1.82) is 0 Å². The monoisotopic (exact) mass is 346 g/mol. The van der Waals surface area contributed by atoms with Crippen molar-refractivity contribution in [3.63, 3.8) is 0 Å². The third-order valence-electron chi connectivity index (χ3n) is 2.84. The molecule has 0 radical (unpaired) electrons. The maximum atomic E-state index is 6.06. The zero-order valence-corrected chi connectivity index (χ0v) is 13.6. The van der Waals surface area contributed by atoms with Gasteiger partial charge in [0.15, 0.2) is 0 Å². The lowest BCUT2D eigenvalue weighted by atomic mass is 10.2. The van der Waals surface area contributed by atoms with Gasteiger partial charge in [0.1, 0.15) is 11.5 Å². The van der Waals surface area contributed by atoms with Gasteiger partial charge in [-0.1, -0.05) is 34.8 Å². The highest BCUT2D eigenvalue weighted by atomic mass is 35.5. The van der Waals surface area contributed by atoms with E-state index in [0.29, 0.717) is 43.6 Å². The Morgan fingerprint density at radius 1 is 0.810 bits per heavy atom. The fourth-order valence-electron chi connectivity index (χ4n) is 1.77. The van der Waals surface area contributed by atoms with Crippen molar-refractivity contribution in [2.24, 2.45) is 0 Å². The highest BCUT2D eigenvalue weighted by Crippen LogP contribution is 2.39. The van der Waals surface area contributed by atoms with E-state index in [1.807, 2.05) is 0 Å². The number of nitrogen functional groups attached to an aromatic ring is 1. The number of rotatable bonds is 4. The lowest BCUT2D eigenvalue weighted by Gasteiger charge is -2.15. The first-order chi connectivity index (χ1) is 9.96. The summed E-state index contributed by atoms with van der Waals surface area (Å²) < 4.78 is 10.5. The summed E-state index contributed by atoms with van der Waals surface area (Å²) in [5, 5.41) is 4.36. The van der Waals surface area contributed by atoms with Gasteiger partial charge in [0, 0.05) is 12.1 Å². The van der Waals surface area contributed by atoms with E-state index in [1.54, 1.807) is 31.4 Å². The summed E-state index contributed by atoms with van der Waals surface area (Å²) in [6.45, 7) is 0. The predicted molar refractivity (Wildman–Crippen MR) is 88.7 cm³/mol. The summed E-state index contributed by atoms with van der Waals surface area (Å²) in [7, 11) is 3.08. The van der Waals surface area contributed by atoms with Gasteiger partial charge in [-0.05, 0) is 12.1 Å². The summed E-state index contributed by atoms with van der Waals surface area (Å²) in [6, 6.07) is 6.57. The van der Waals surface area contributed by atoms with Gasteiger partial charge in [-0.3, -0.25) is 0 Å². The number of halogens is 3. The predicted octanol–water partition coefficient (Wildman–Crippen LogP) is 4.99. The van der Waals surface area contributed by atoms with Crippen LogP contribution in [-0.4, -0.2) is 14.2 Å². The minimum atomic E-state index is 0.389. The van der Waals surface area contributed by atoms with Crippen LogP contribution >= 0.6 is 34.8 Å². The second kappa shape index (κ2) is 6.52. The largest absolute Gasteiger partial charge is 0.495 e. The lowest BCUT2D eigenvalue weighted by molar-refractivity contribution is 0.405. The molecule has 4 nitrogen and oxygen atoms in total. The zero-order valence-electron chi connectivity index (χ0n) is 11.3. The van der Waals surface area contributed by atoms with Crippen LogP contribution in [0.1, 0.15) is 0 Å². The minimum Gasteiger partial charge on any atom is -0.495 e. The molecule has 0 unspecified atom stereocenters. The van der Waals surface area contributed by atoms with Crippen molar-refractivity contribution in [2.45, 2.75) is 0 Å². The number of hydrogen-bond donors (Lipinski definition) is 2. The molecule has 2 aromatic rings. The number of ether oxygens (including phenoxy) is 2. The third kappa shape index (κ3) is 3.40. The molecule has 3 N–H and O–H groups in total. The number of nitrogens with two attached hydrogens (primary N) is 1. The Labute approximate surface area is 137 Å². The van der Waals surface area contributed by atoms with Crippen molar-refractivity contribution in [3.05, 3.63) is 39.3 Å². The van der Waals surface area contributed by atoms with E-state index in [-0.39, 0.29) is 0 Å². The lowest BCUT2D eigenvalue weighted by Crippen LogP contribution is -1.99. The number of benzene rings is 2. The van der Waals surface area contributed by atoms with E-state index in [0.717, 1.165) is 0 Å². The summed E-state index contributed by atoms with van der Waals surface area (Å²) in [5.41, 5.74) is 7.63. The molecule has 0 saturated heterocycles. The molecular formula is C14H13Cl3N2O2. The summed E-state index contributed by atoms with van der Waals surface area (Å²) in [6.07, 6.45) is 0. The molecule has 0 aliphatic carbocycles. The molecule has 0 heterocycles. The summed E-state index contributed by atoms with van der Waals surface area (Å²) in [4.78, 5) is 0. The van der Waals surface area contributed by atoms with Gasteiger partial charge in [0.25, 0.3) is 0 Å². The SMILES string of the molecule is COc1cc(Nc2cc(Cl)c(Cl)cc2N)c(OC)cc1Cl. The Morgan fingerprint density at radius 3 is 2.05 bits per heavy atom. The van der Waals surface area contributed by atoms with Crippen LogP contribution in [0.2, 0.25) is 15.1 Å². The Morgan fingerprint density at radius 2 is 1.43 bits per heavy atom. The van der Waals surface area contributed by atoms with Gasteiger partial charge in [-0.2, -0.15) is 0 Å². The molecule has 0 bridgehead atoms. The highest BCUT2D eigenvalue weighted by Gasteiger charge is 2.12. The molecule has 7 heteroatoms. The molecule has 2 rings (SSSR count). The van der Waals surface area contributed by atoms with Crippen molar-refractivity contribution in [1.82, 2.24) is 0 Å². The van der Waals surface area contributed by atoms with E-state index >= 15 is 0 Å². The molecule has 0 atom stereocenters. The standard InChI is InChI=1S/C14H13Cl3N2O2/c1-20-13-6-12(14(21-2)5-9(13)17)19-11-4-8(16)7(15)3-10(11)18/h3-6,19H,18H2,1-2H3. The maximum Gasteiger partial charge on any atom is 0.144 e. The van der Waals surface area contributed by atoms with Gasteiger partial charge in [0.05, 0.1) is 46.3 Å². The Balaban J connectivity index is 2.45. The number of anilines is 3. The molecule has 0 aliphatic heterocycles. The first-order valence-electron chi connectivity index (χ1n) is 5.89. The van der Waals surface area contributed by atoms with Crippen LogP contribution in [0.5, 0.6) is 11.5 Å². The first-order valence-corrected chi connectivity index (χ1v) is 7.02. The fourth-order valence-corrected chi connectivity index (χ4v) is 2.34. The zero-order chi connectivity index (χ0) is 15.6. The number of hydrogen-bond acceptors (Lipinski definition) is 4. The van der Waals surface area contributed by atoms with E-state index in [2.05, 4.69) is 5.32 Å². The second-order valence-electron chi connectivity index (χ2n) is 4.17. The molecule has 0 aliphatic rings. The number of methoxy groups -OCH3 is 2. The van der Waals surface area contributed by atoms with E-state index in [9.17, 15) is 0 Å². The smallest absolute Gasteiger partial charge is 0.144 e. The highest BCUT2D eigenvalue weighted by molar-refractivity contribution is 6.42. The van der Waals surface area contributed by atoms with Crippen molar-refractivity contribution < 1.29 is 9.47 Å². The van der Waals surface area contributed by atoms with Crippen LogP contribution in [0.15, 0.2) is 24.3 Å². The van der Waals surface area contributed by atoms with E-state index in [4.69, 9.17) is 50.0 Å². The van der Waals surface area contributed by atoms with Gasteiger partial charge in [0.2, 0.25) is 0 Å². The van der Waals surface area contributed by atoms with Gasteiger partial charge >= 0.3 is 0 Å². The number of nitrogens with one attached hydrogen (secondary N) is 1. The molecule has 112 valence electrons. The molecular weight excluding hydrogens is 335 g/mol. The normalized spacial score (nSPS) is 10.3. The van der Waals surface area contributed by atoms with Crippen LogP contribution in [0.25, 0.3) is 0 Å². The van der Waals surface area contributed by atoms with Crippen LogP contribution in [0, 0.1) is 0 Å². The second-order valence-corrected chi connectivity index (χ2v) is 5.39. The maximum absolute atomic E-state index is 6.06. The van der Waals surface area contributed by atoms with Crippen LogP contribution < -0.4 is 20.5 Å². The van der Waals surface area contributed by atoms with Crippen molar-refractivity contribution in [2.75, 3.05) is 25.3 Å². The van der Waals surface area contributed by atoms with Gasteiger partial charge in [-0.15, -0.1) is 0 Å². The Kier molecular flexibility index (Phi) is 4.93. The molecule has 0 aromatic heterocycles. The van der Waals surface area contributed by atoms with Gasteiger partial charge < -0.3 is 20.5 Å². The molecule has 21 heavy (non-hydrogen) atoms. The van der Waals surface area contributed by atoms with Gasteiger partial charge in [-0.25, -0.2) is 0 Å². The van der Waals surface area contributed by atoms with E-state index in [1.165, 1.54) is 7.11 Å². The summed E-state index contributed by atoms with van der Waals surface area (Å²) in [5.74, 6) is 1.06. The van der Waals surface area contributed by atoms with E-state index < -0.39 is 0 Å². The Bertz CT molecular complexity index is 678.